The summed E-state index contributed by atoms with van der Waals surface area (Å²) in [5.74, 6) is -5.82. The van der Waals surface area contributed by atoms with Crippen molar-refractivity contribution in [2.75, 3.05) is 13.1 Å². The quantitative estimate of drug-likeness (QED) is 0.631. The van der Waals surface area contributed by atoms with Crippen LogP contribution in [-0.2, 0) is 20.7 Å². The van der Waals surface area contributed by atoms with Crippen molar-refractivity contribution >= 4 is 16.0 Å². The minimum absolute atomic E-state index is 0.0591. The summed E-state index contributed by atoms with van der Waals surface area (Å²) in [5.41, 5.74) is 5.24. The number of nitrogens with two attached hydrogens (primary N) is 1. The second-order valence-corrected chi connectivity index (χ2v) is 8.81. The van der Waals surface area contributed by atoms with Crippen LogP contribution in [-0.4, -0.2) is 49.1 Å². The maximum Gasteiger partial charge on any atom is 0.490 e. The Morgan fingerprint density at radius 1 is 1.23 bits per heavy atom. The van der Waals surface area contributed by atoms with Crippen molar-refractivity contribution < 1.29 is 40.3 Å². The molecule has 2 rings (SSSR count). The number of carbonyl (C=O) groups is 1. The highest BCUT2D eigenvalue weighted by molar-refractivity contribution is 7.89. The average Bonchev–Trinajstić information content (AvgIpc) is 2.65. The van der Waals surface area contributed by atoms with E-state index in [4.69, 9.17) is 15.6 Å². The van der Waals surface area contributed by atoms with E-state index in [2.05, 4.69) is 0 Å². The first kappa shape index (κ1) is 26.2. The fourth-order valence-electron chi connectivity index (χ4n) is 3.00. The van der Waals surface area contributed by atoms with E-state index in [1.165, 1.54) is 22.5 Å². The van der Waals surface area contributed by atoms with E-state index in [1.807, 2.05) is 0 Å². The number of carboxylic acid groups (broad SMARTS) is 1. The topological polar surface area (TPSA) is 101 Å². The third-order valence-corrected chi connectivity index (χ3v) is 6.45. The van der Waals surface area contributed by atoms with Gasteiger partial charge in [0.2, 0.25) is 10.0 Å². The number of sulfonamides is 1. The molecule has 1 atom stereocenters. The summed E-state index contributed by atoms with van der Waals surface area (Å²) >= 11 is 0. The first-order chi connectivity index (χ1) is 13.7. The van der Waals surface area contributed by atoms with Crippen molar-refractivity contribution in [1.82, 2.24) is 4.31 Å². The van der Waals surface area contributed by atoms with Gasteiger partial charge in [0.1, 0.15) is 0 Å². The molecule has 1 aromatic carbocycles. The van der Waals surface area contributed by atoms with E-state index in [0.29, 0.717) is 19.5 Å². The van der Waals surface area contributed by atoms with Crippen molar-refractivity contribution in [3.05, 3.63) is 29.8 Å². The van der Waals surface area contributed by atoms with E-state index < -0.39 is 28.1 Å². The Morgan fingerprint density at radius 3 is 2.33 bits per heavy atom. The minimum Gasteiger partial charge on any atom is -0.475 e. The Kier molecular flexibility index (Phi) is 9.18. The Morgan fingerprint density at radius 2 is 1.83 bits per heavy atom. The number of benzene rings is 1. The molecule has 0 radical (unpaired) electrons. The maximum atomic E-state index is 13.5. The molecule has 30 heavy (non-hydrogen) atoms. The number of hydrogen-bond donors (Lipinski definition) is 2. The fraction of sp³-hybridized carbons (Fsp3) is 0.611. The summed E-state index contributed by atoms with van der Waals surface area (Å²) in [6.07, 6.45) is -1.05. The second-order valence-electron chi connectivity index (χ2n) is 6.92. The molecule has 1 unspecified atom stereocenters. The molecule has 0 aliphatic carbocycles. The van der Waals surface area contributed by atoms with Gasteiger partial charge in [-0.2, -0.15) is 17.5 Å². The summed E-state index contributed by atoms with van der Waals surface area (Å²) < 4.78 is 86.0. The van der Waals surface area contributed by atoms with Crippen LogP contribution in [0.25, 0.3) is 0 Å². The number of carboxylic acids is 1. The smallest absolute Gasteiger partial charge is 0.475 e. The van der Waals surface area contributed by atoms with Gasteiger partial charge in [0.15, 0.2) is 0 Å². The Bertz CT molecular complexity index is 810. The molecule has 172 valence electrons. The summed E-state index contributed by atoms with van der Waals surface area (Å²) in [6.45, 7) is 1.72. The molecule has 0 saturated carbocycles. The van der Waals surface area contributed by atoms with Gasteiger partial charge >= 0.3 is 12.1 Å². The van der Waals surface area contributed by atoms with Gasteiger partial charge in [-0.3, -0.25) is 0 Å². The lowest BCUT2D eigenvalue weighted by Gasteiger charge is -2.35. The van der Waals surface area contributed by atoms with Crippen molar-refractivity contribution in [2.45, 2.75) is 62.1 Å². The van der Waals surface area contributed by atoms with Crippen molar-refractivity contribution in [3.8, 4) is 0 Å². The highest BCUT2D eigenvalue weighted by Crippen LogP contribution is 2.32. The van der Waals surface area contributed by atoms with Crippen LogP contribution in [0.2, 0.25) is 0 Å². The molecule has 0 spiro atoms. The number of nitrogens with zero attached hydrogens (tertiary/aromatic N) is 1. The van der Waals surface area contributed by atoms with Gasteiger partial charge < -0.3 is 10.8 Å². The molecule has 6 nitrogen and oxygen atoms in total. The molecule has 0 aromatic heterocycles. The van der Waals surface area contributed by atoms with E-state index in [9.17, 15) is 30.4 Å². The number of rotatable bonds is 6. The van der Waals surface area contributed by atoms with Crippen LogP contribution < -0.4 is 5.73 Å². The molecule has 1 aliphatic heterocycles. The van der Waals surface area contributed by atoms with Crippen molar-refractivity contribution in [3.63, 3.8) is 0 Å². The molecule has 1 aromatic rings. The first-order valence-corrected chi connectivity index (χ1v) is 10.7. The van der Waals surface area contributed by atoms with Gasteiger partial charge in [0.25, 0.3) is 5.92 Å². The lowest BCUT2D eigenvalue weighted by atomic mass is 10.0. The first-order valence-electron chi connectivity index (χ1n) is 9.21. The molecule has 1 saturated heterocycles. The molecule has 0 amide bonds. The normalized spacial score (nSPS) is 18.4. The Hall–Kier alpha value is -1.79. The molecule has 0 bridgehead atoms. The maximum absolute atomic E-state index is 13.5. The van der Waals surface area contributed by atoms with E-state index in [1.54, 1.807) is 0 Å². The van der Waals surface area contributed by atoms with Crippen molar-refractivity contribution in [2.24, 2.45) is 5.73 Å². The third-order valence-electron chi connectivity index (χ3n) is 4.50. The van der Waals surface area contributed by atoms with E-state index in [-0.39, 0.29) is 16.5 Å². The average molecular weight is 460 g/mol. The molecule has 1 fully saturated rings. The summed E-state index contributed by atoms with van der Waals surface area (Å²) in [4.78, 5) is 8.84. The van der Waals surface area contributed by atoms with Gasteiger partial charge in [0.05, 0.1) is 4.90 Å². The van der Waals surface area contributed by atoms with Gasteiger partial charge in [-0.15, -0.1) is 0 Å². The predicted molar refractivity (Wildman–Crippen MR) is 99.5 cm³/mol. The van der Waals surface area contributed by atoms with Gasteiger partial charge in [-0.05, 0) is 44.4 Å². The second kappa shape index (κ2) is 10.5. The highest BCUT2D eigenvalue weighted by atomic mass is 32.2. The fourth-order valence-corrected chi connectivity index (χ4v) is 4.77. The zero-order valence-electron chi connectivity index (χ0n) is 16.3. The minimum atomic E-state index is -5.08. The number of alkyl halides is 5. The van der Waals surface area contributed by atoms with Gasteiger partial charge in [-0.25, -0.2) is 22.0 Å². The summed E-state index contributed by atoms with van der Waals surface area (Å²) in [6, 6.07) is 5.01. The highest BCUT2D eigenvalue weighted by Gasteiger charge is 2.38. The lowest BCUT2D eigenvalue weighted by molar-refractivity contribution is -0.192. The number of halogens is 5. The summed E-state index contributed by atoms with van der Waals surface area (Å²) in [5, 5.41) is 7.12. The van der Waals surface area contributed by atoms with Crippen LogP contribution in [0, 0.1) is 0 Å². The van der Waals surface area contributed by atoms with Crippen LogP contribution >= 0.6 is 0 Å². The molecule has 3 N–H and O–H groups in total. The third kappa shape index (κ3) is 7.47. The van der Waals surface area contributed by atoms with Crippen LogP contribution in [0.1, 0.15) is 44.6 Å². The van der Waals surface area contributed by atoms with Crippen LogP contribution in [0.15, 0.2) is 29.2 Å². The summed E-state index contributed by atoms with van der Waals surface area (Å²) in [7, 11) is -3.77. The van der Waals surface area contributed by atoms with E-state index in [0.717, 1.165) is 38.7 Å². The standard InChI is InChI=1S/C16H24F2N2O2S.C2HF3O2/c1-16(17,18)13-6-4-9-15(12-13)23(21,22)20-11-3-2-7-14(20)8-5-10-19;3-2(4,5)1(6)7/h4,6,9,12,14H,2-3,5,7-8,10-11,19H2,1H3;(H,6,7). The zero-order chi connectivity index (χ0) is 23.2. The SMILES string of the molecule is CC(F)(F)c1cccc(S(=O)(=O)N2CCCCC2CCCN)c1.O=C(O)C(F)(F)F. The number of hydrogen-bond acceptors (Lipinski definition) is 4. The monoisotopic (exact) mass is 460 g/mol. The molecule has 1 heterocycles. The Labute approximate surface area is 171 Å². The number of piperidine rings is 1. The van der Waals surface area contributed by atoms with Crippen LogP contribution in [0.3, 0.4) is 0 Å². The molecular formula is C18H25F5N2O4S. The largest absolute Gasteiger partial charge is 0.490 e. The Balaban J connectivity index is 0.000000553. The van der Waals surface area contributed by atoms with Crippen LogP contribution in [0.5, 0.6) is 0 Å². The van der Waals surface area contributed by atoms with E-state index >= 15 is 0 Å². The van der Waals surface area contributed by atoms with Crippen LogP contribution in [0.4, 0.5) is 22.0 Å². The lowest BCUT2D eigenvalue weighted by Crippen LogP contribution is -2.43. The predicted octanol–water partition coefficient (Wildman–Crippen LogP) is 3.71. The molecular weight excluding hydrogens is 435 g/mol. The number of aliphatic carboxylic acids is 1. The van der Waals surface area contributed by atoms with Gasteiger partial charge in [0, 0.05) is 25.1 Å². The zero-order valence-corrected chi connectivity index (χ0v) is 17.1. The van der Waals surface area contributed by atoms with Crippen molar-refractivity contribution in [1.29, 1.82) is 0 Å². The molecule has 1 aliphatic rings. The van der Waals surface area contributed by atoms with Gasteiger partial charge in [-0.1, -0.05) is 18.6 Å². The molecule has 12 heteroatoms.